The van der Waals surface area contributed by atoms with Gasteiger partial charge in [0.05, 0.1) is 19.8 Å². The van der Waals surface area contributed by atoms with Crippen LogP contribution in [-0.4, -0.2) is 69.9 Å². The largest absolute Gasteiger partial charge is 0.482 e. The van der Waals surface area contributed by atoms with E-state index in [4.69, 9.17) is 14.6 Å². The normalized spacial score (nSPS) is 20.1. The third-order valence-electron chi connectivity index (χ3n) is 7.33. The van der Waals surface area contributed by atoms with E-state index >= 15 is 0 Å². The predicted octanol–water partition coefficient (Wildman–Crippen LogP) is 4.12. The van der Waals surface area contributed by atoms with Gasteiger partial charge in [0.2, 0.25) is 0 Å². The molecule has 2 aliphatic rings. The lowest BCUT2D eigenvalue weighted by Crippen LogP contribution is -2.26. The van der Waals surface area contributed by atoms with Gasteiger partial charge < -0.3 is 29.2 Å². The van der Waals surface area contributed by atoms with Crippen molar-refractivity contribution < 1.29 is 38.7 Å². The fraction of sp³-hybridized carbons (Fsp3) is 0.724. The molecule has 1 aromatic rings. The summed E-state index contributed by atoms with van der Waals surface area (Å²) in [5.41, 5.74) is 2.66. The summed E-state index contributed by atoms with van der Waals surface area (Å²) in [6.45, 7) is 3.40. The number of esters is 1. The molecule has 0 saturated heterocycles. The second kappa shape index (κ2) is 19.9. The van der Waals surface area contributed by atoms with Gasteiger partial charge in [-0.05, 0) is 79.9 Å². The van der Waals surface area contributed by atoms with E-state index in [9.17, 15) is 14.7 Å². The van der Waals surface area contributed by atoms with Gasteiger partial charge in [0.25, 0.3) is 6.47 Å². The number of carbonyl (C=O) groups is 2. The van der Waals surface area contributed by atoms with E-state index < -0.39 is 0 Å². The molecular weight excluding hydrogens is 476 g/mol. The first-order valence-corrected chi connectivity index (χ1v) is 13.5. The van der Waals surface area contributed by atoms with Crippen molar-refractivity contribution >= 4 is 12.4 Å². The molecule has 37 heavy (non-hydrogen) atoms. The summed E-state index contributed by atoms with van der Waals surface area (Å²) in [5.74, 6) is 2.67. The second-order valence-electron chi connectivity index (χ2n) is 9.62. The Balaban J connectivity index is 0.000000659. The van der Waals surface area contributed by atoms with Crippen LogP contribution in [0, 0.1) is 17.8 Å². The molecule has 0 bridgehead atoms. The number of benzene rings is 1. The van der Waals surface area contributed by atoms with Gasteiger partial charge in [-0.1, -0.05) is 38.3 Å². The Hall–Kier alpha value is -2.16. The Labute approximate surface area is 222 Å². The third kappa shape index (κ3) is 11.8. The lowest BCUT2D eigenvalue weighted by Gasteiger charge is -2.32. The van der Waals surface area contributed by atoms with Crippen LogP contribution in [-0.2, 0) is 36.6 Å². The summed E-state index contributed by atoms with van der Waals surface area (Å²) in [7, 11) is 3.93. The van der Waals surface area contributed by atoms with Gasteiger partial charge in [-0.3, -0.25) is 4.79 Å². The Bertz CT molecular complexity index is 753. The van der Waals surface area contributed by atoms with E-state index in [1.165, 1.54) is 43.9 Å². The average molecular weight is 525 g/mol. The van der Waals surface area contributed by atoms with Crippen LogP contribution in [0.1, 0.15) is 69.4 Å². The number of hydrogen-bond acceptors (Lipinski definition) is 8. The summed E-state index contributed by atoms with van der Waals surface area (Å²) < 4.78 is 19.3. The van der Waals surface area contributed by atoms with Crippen LogP contribution in [0.3, 0.4) is 0 Å². The molecule has 3 rings (SSSR count). The summed E-state index contributed by atoms with van der Waals surface area (Å²) >= 11 is 0. The fourth-order valence-corrected chi connectivity index (χ4v) is 5.43. The standard InChI is InChI=1S/C24H36O4.C4H8O3.CH4O/c1-3-4-5-8-20(25)13-12-17-10-11-19-15-22-18(14-21(17)19)7-6-9-23(22)28-16-24(26)27-2;1-6-2-3-7-4-5;1-2/h6-7,9,17,19-21,25H,3-5,8,10-16H2,1-2H3;4H,2-3H2,1H3;2H,1H3. The first kappa shape index (κ1) is 32.9. The minimum absolute atomic E-state index is 0.0282. The molecular formula is C29H48O8. The smallest absolute Gasteiger partial charge is 0.343 e. The monoisotopic (exact) mass is 524 g/mol. The number of hydrogen-bond donors (Lipinski definition) is 2. The number of aliphatic hydroxyl groups is 2. The highest BCUT2D eigenvalue weighted by Gasteiger charge is 2.39. The molecule has 8 nitrogen and oxygen atoms in total. The van der Waals surface area contributed by atoms with Gasteiger partial charge in [0.15, 0.2) is 6.61 Å². The van der Waals surface area contributed by atoms with Crippen molar-refractivity contribution in [3.8, 4) is 5.75 Å². The van der Waals surface area contributed by atoms with E-state index in [-0.39, 0.29) is 18.7 Å². The van der Waals surface area contributed by atoms with Crippen molar-refractivity contribution in [3.63, 3.8) is 0 Å². The molecule has 0 radical (unpaired) electrons. The molecule has 2 aliphatic carbocycles. The summed E-state index contributed by atoms with van der Waals surface area (Å²) in [6.07, 6.45) is 11.2. The van der Waals surface area contributed by atoms with Crippen LogP contribution < -0.4 is 4.74 Å². The quantitative estimate of drug-likeness (QED) is 0.212. The SMILES string of the molecule is CCCCCC(O)CCC1CCC2Cc3c(cccc3OCC(=O)OC)CC12.CO.COCCOC=O. The molecule has 0 aromatic heterocycles. The molecule has 1 aromatic carbocycles. The molecule has 8 heteroatoms. The first-order valence-electron chi connectivity index (χ1n) is 13.5. The Morgan fingerprint density at radius 3 is 2.57 bits per heavy atom. The predicted molar refractivity (Wildman–Crippen MR) is 142 cm³/mol. The van der Waals surface area contributed by atoms with Crippen LogP contribution in [0.2, 0.25) is 0 Å². The molecule has 0 aliphatic heterocycles. The molecule has 1 fully saturated rings. The number of aliphatic hydroxyl groups excluding tert-OH is 2. The van der Waals surface area contributed by atoms with E-state index in [0.717, 1.165) is 63.2 Å². The lowest BCUT2D eigenvalue weighted by atomic mass is 9.73. The number of ether oxygens (including phenoxy) is 4. The Kier molecular flexibility index (Phi) is 17.7. The van der Waals surface area contributed by atoms with Crippen LogP contribution >= 0.6 is 0 Å². The maximum absolute atomic E-state index is 11.4. The van der Waals surface area contributed by atoms with Crippen LogP contribution in [0.5, 0.6) is 5.75 Å². The van der Waals surface area contributed by atoms with E-state index in [1.807, 2.05) is 12.1 Å². The molecule has 0 spiro atoms. The number of rotatable bonds is 14. The molecule has 4 unspecified atom stereocenters. The zero-order chi connectivity index (χ0) is 27.5. The molecule has 0 heterocycles. The topological polar surface area (TPSA) is 112 Å². The molecule has 2 N–H and O–H groups in total. The van der Waals surface area contributed by atoms with Crippen LogP contribution in [0.15, 0.2) is 18.2 Å². The highest BCUT2D eigenvalue weighted by Crippen LogP contribution is 2.48. The van der Waals surface area contributed by atoms with Crippen LogP contribution in [0.25, 0.3) is 0 Å². The van der Waals surface area contributed by atoms with Crippen molar-refractivity contribution in [1.82, 2.24) is 0 Å². The van der Waals surface area contributed by atoms with Crippen molar-refractivity contribution in [3.05, 3.63) is 29.3 Å². The van der Waals surface area contributed by atoms with Gasteiger partial charge >= 0.3 is 5.97 Å². The van der Waals surface area contributed by atoms with Gasteiger partial charge in [-0.2, -0.15) is 0 Å². The van der Waals surface area contributed by atoms with Crippen LogP contribution in [0.4, 0.5) is 0 Å². The maximum atomic E-state index is 11.4. The van der Waals surface area contributed by atoms with E-state index in [0.29, 0.717) is 25.6 Å². The molecule has 1 saturated carbocycles. The third-order valence-corrected chi connectivity index (χ3v) is 7.33. The van der Waals surface area contributed by atoms with Crippen molar-refractivity contribution in [1.29, 1.82) is 0 Å². The number of carbonyl (C=O) groups excluding carboxylic acids is 2. The molecule has 0 amide bonds. The highest BCUT2D eigenvalue weighted by molar-refractivity contribution is 5.71. The number of methoxy groups -OCH3 is 2. The van der Waals surface area contributed by atoms with Crippen molar-refractivity contribution in [2.24, 2.45) is 17.8 Å². The van der Waals surface area contributed by atoms with E-state index in [1.54, 1.807) is 7.11 Å². The summed E-state index contributed by atoms with van der Waals surface area (Å²) in [5, 5.41) is 17.3. The number of fused-ring (bicyclic) bond motifs is 2. The van der Waals surface area contributed by atoms with Gasteiger partial charge in [0, 0.05) is 14.2 Å². The summed E-state index contributed by atoms with van der Waals surface area (Å²) in [4.78, 5) is 20.8. The van der Waals surface area contributed by atoms with E-state index in [2.05, 4.69) is 22.5 Å². The average Bonchev–Trinajstić information content (AvgIpc) is 3.33. The number of unbranched alkanes of at least 4 members (excludes halogenated alkanes) is 2. The lowest BCUT2D eigenvalue weighted by molar-refractivity contribution is -0.143. The highest BCUT2D eigenvalue weighted by atomic mass is 16.6. The summed E-state index contributed by atoms with van der Waals surface area (Å²) in [6, 6.07) is 6.22. The first-order chi connectivity index (χ1) is 18.0. The Morgan fingerprint density at radius 1 is 1.11 bits per heavy atom. The molecule has 212 valence electrons. The Morgan fingerprint density at radius 2 is 1.89 bits per heavy atom. The minimum atomic E-state index is -0.343. The van der Waals surface area contributed by atoms with Gasteiger partial charge in [-0.25, -0.2) is 4.79 Å². The van der Waals surface area contributed by atoms with Gasteiger partial charge in [0.1, 0.15) is 12.4 Å². The van der Waals surface area contributed by atoms with Crippen molar-refractivity contribution in [2.75, 3.05) is 41.2 Å². The fourth-order valence-electron chi connectivity index (χ4n) is 5.43. The zero-order valence-electron chi connectivity index (χ0n) is 23.2. The maximum Gasteiger partial charge on any atom is 0.343 e. The molecule has 4 atom stereocenters. The van der Waals surface area contributed by atoms with Crippen molar-refractivity contribution in [2.45, 2.75) is 77.2 Å². The minimum Gasteiger partial charge on any atom is -0.482 e. The second-order valence-corrected chi connectivity index (χ2v) is 9.62. The zero-order valence-corrected chi connectivity index (χ0v) is 23.2. The van der Waals surface area contributed by atoms with Gasteiger partial charge in [-0.15, -0.1) is 0 Å².